The number of hydrogen-bond acceptors (Lipinski definition) is 7. The van der Waals surface area contributed by atoms with Gasteiger partial charge < -0.3 is 14.4 Å². The molecule has 1 unspecified atom stereocenters. The van der Waals surface area contributed by atoms with E-state index in [1.54, 1.807) is 0 Å². The Morgan fingerprint density at radius 3 is 2.56 bits per heavy atom. The summed E-state index contributed by atoms with van der Waals surface area (Å²) in [6.45, 7) is 2.17. The van der Waals surface area contributed by atoms with Gasteiger partial charge in [0.2, 0.25) is 10.0 Å². The molecule has 0 saturated carbocycles. The molecule has 2 N–H and O–H groups in total. The first kappa shape index (κ1) is 14.6. The first-order valence-electron chi connectivity index (χ1n) is 4.97. The van der Waals surface area contributed by atoms with Crippen LogP contribution in [0, 0.1) is 13.8 Å². The average molecular weight is 278 g/mol. The van der Waals surface area contributed by atoms with E-state index in [1.807, 2.05) is 4.72 Å². The molecule has 8 nitrogen and oxygen atoms in total. The van der Waals surface area contributed by atoms with E-state index in [4.69, 9.17) is 9.63 Å². The van der Waals surface area contributed by atoms with Crippen molar-refractivity contribution >= 4 is 16.0 Å². The number of aliphatic hydroxyl groups excluding tert-OH is 1. The van der Waals surface area contributed by atoms with E-state index in [0.29, 0.717) is 0 Å². The van der Waals surface area contributed by atoms with Crippen molar-refractivity contribution < 1.29 is 27.6 Å². The summed E-state index contributed by atoms with van der Waals surface area (Å²) < 4.78 is 35.1. The number of aryl methyl sites for hydroxylation is 2. The maximum atomic E-state index is 12.0. The summed E-state index contributed by atoms with van der Waals surface area (Å²) in [5, 5.41) is 12.5. The monoisotopic (exact) mass is 278 g/mol. The molecule has 0 fully saturated rings. The molecule has 1 aromatic rings. The number of methoxy groups -OCH3 is 1. The Balaban J connectivity index is 3.05. The first-order valence-corrected chi connectivity index (χ1v) is 6.45. The molecule has 1 heterocycles. The molecule has 1 rings (SSSR count). The second kappa shape index (κ2) is 5.46. The third-order valence-electron chi connectivity index (χ3n) is 2.20. The fraction of sp³-hybridized carbons (Fsp3) is 0.556. The van der Waals surface area contributed by atoms with E-state index in [9.17, 15) is 13.2 Å². The molecule has 0 amide bonds. The minimum absolute atomic E-state index is 0.0987. The number of nitrogens with zero attached hydrogens (tertiary/aromatic N) is 1. The van der Waals surface area contributed by atoms with Crippen LogP contribution in [0.1, 0.15) is 11.5 Å². The lowest BCUT2D eigenvalue weighted by Crippen LogP contribution is -2.44. The van der Waals surface area contributed by atoms with Crippen molar-refractivity contribution in [2.24, 2.45) is 0 Å². The number of ether oxygens (including phenoxy) is 1. The highest BCUT2D eigenvalue weighted by molar-refractivity contribution is 7.89. The van der Waals surface area contributed by atoms with Crippen LogP contribution in [0.2, 0.25) is 0 Å². The Labute approximate surface area is 104 Å². The van der Waals surface area contributed by atoms with Gasteiger partial charge in [-0.25, -0.2) is 8.42 Å². The third kappa shape index (κ3) is 2.86. The number of nitrogens with one attached hydrogen (secondary N) is 1. The van der Waals surface area contributed by atoms with E-state index in [1.165, 1.54) is 13.8 Å². The molecule has 0 aliphatic carbocycles. The van der Waals surface area contributed by atoms with Crippen molar-refractivity contribution in [3.05, 3.63) is 11.5 Å². The highest BCUT2D eigenvalue weighted by Gasteiger charge is 2.30. The van der Waals surface area contributed by atoms with Crippen LogP contribution < -0.4 is 4.72 Å². The lowest BCUT2D eigenvalue weighted by atomic mass is 10.3. The van der Waals surface area contributed by atoms with Crippen molar-refractivity contribution in [3.8, 4) is 0 Å². The smallest absolute Gasteiger partial charge is 0.326 e. The minimum atomic E-state index is -4.01. The number of sulfonamides is 1. The summed E-state index contributed by atoms with van der Waals surface area (Å²) in [4.78, 5) is 11.1. The van der Waals surface area contributed by atoms with Gasteiger partial charge in [0.25, 0.3) is 0 Å². The molecule has 1 atom stereocenters. The van der Waals surface area contributed by atoms with Gasteiger partial charge in [0, 0.05) is 0 Å². The summed E-state index contributed by atoms with van der Waals surface area (Å²) in [5.74, 6) is -0.783. The molecule has 0 aromatic carbocycles. The lowest BCUT2D eigenvalue weighted by Gasteiger charge is -2.13. The Hall–Kier alpha value is -1.45. The number of hydrogen-bond donors (Lipinski definition) is 2. The zero-order valence-corrected chi connectivity index (χ0v) is 10.9. The first-order chi connectivity index (χ1) is 8.33. The van der Waals surface area contributed by atoms with Crippen LogP contribution in [0.15, 0.2) is 9.42 Å². The maximum Gasteiger partial charge on any atom is 0.326 e. The summed E-state index contributed by atoms with van der Waals surface area (Å²) in [7, 11) is -2.92. The largest absolute Gasteiger partial charge is 0.468 e. The highest BCUT2D eigenvalue weighted by atomic mass is 32.2. The quantitative estimate of drug-likeness (QED) is 0.670. The third-order valence-corrected chi connectivity index (χ3v) is 3.92. The van der Waals surface area contributed by atoms with E-state index < -0.39 is 28.6 Å². The van der Waals surface area contributed by atoms with Crippen LogP contribution in [-0.2, 0) is 19.6 Å². The molecule has 102 valence electrons. The number of rotatable bonds is 5. The molecule has 0 radical (unpaired) electrons. The van der Waals surface area contributed by atoms with E-state index in [2.05, 4.69) is 9.89 Å². The molecule has 0 saturated heterocycles. The molecule has 0 spiro atoms. The SMILES string of the molecule is COC(=O)C(CO)NS(=O)(=O)c1c(C)noc1C. The summed E-state index contributed by atoms with van der Waals surface area (Å²) in [5.41, 5.74) is 0.168. The fourth-order valence-corrected chi connectivity index (χ4v) is 2.91. The maximum absolute atomic E-state index is 12.0. The molecular formula is C9H14N2O6S. The zero-order valence-electron chi connectivity index (χ0n) is 10.1. The van der Waals surface area contributed by atoms with Crippen molar-refractivity contribution in [3.63, 3.8) is 0 Å². The number of aliphatic hydroxyl groups is 1. The van der Waals surface area contributed by atoms with Gasteiger partial charge in [0.1, 0.15) is 16.6 Å². The Morgan fingerprint density at radius 2 is 2.17 bits per heavy atom. The summed E-state index contributed by atoms with van der Waals surface area (Å²) in [6.07, 6.45) is 0. The van der Waals surface area contributed by atoms with Crippen LogP contribution in [0.5, 0.6) is 0 Å². The summed E-state index contributed by atoms with van der Waals surface area (Å²) in [6, 6.07) is -1.37. The molecule has 18 heavy (non-hydrogen) atoms. The average Bonchev–Trinajstić information content (AvgIpc) is 2.65. The Kier molecular flexibility index (Phi) is 4.43. The molecular weight excluding hydrogens is 264 g/mol. The molecule has 9 heteroatoms. The normalized spacial score (nSPS) is 13.3. The van der Waals surface area contributed by atoms with Crippen LogP contribution in [-0.4, -0.2) is 44.4 Å². The standard InChI is InChI=1S/C9H14N2O6S/c1-5-8(6(2)17-10-5)18(14,15)11-7(4-12)9(13)16-3/h7,11-12H,4H2,1-3H3. The predicted molar refractivity (Wildman–Crippen MR) is 59.2 cm³/mol. The Morgan fingerprint density at radius 1 is 1.56 bits per heavy atom. The van der Waals surface area contributed by atoms with Crippen LogP contribution in [0.3, 0.4) is 0 Å². The number of carbonyl (C=O) groups excluding carboxylic acids is 1. The van der Waals surface area contributed by atoms with Gasteiger partial charge in [0.15, 0.2) is 5.76 Å². The minimum Gasteiger partial charge on any atom is -0.468 e. The van der Waals surface area contributed by atoms with Crippen LogP contribution in [0.25, 0.3) is 0 Å². The highest BCUT2D eigenvalue weighted by Crippen LogP contribution is 2.18. The molecule has 0 aliphatic heterocycles. The van der Waals surface area contributed by atoms with Gasteiger partial charge >= 0.3 is 5.97 Å². The van der Waals surface area contributed by atoms with Gasteiger partial charge in [-0.3, -0.25) is 4.79 Å². The lowest BCUT2D eigenvalue weighted by molar-refractivity contribution is -0.143. The van der Waals surface area contributed by atoms with Crippen molar-refractivity contribution in [1.82, 2.24) is 9.88 Å². The predicted octanol–water partition coefficient (Wildman–Crippen LogP) is -0.896. The molecule has 1 aromatic heterocycles. The van der Waals surface area contributed by atoms with Crippen molar-refractivity contribution in [1.29, 1.82) is 0 Å². The van der Waals surface area contributed by atoms with Gasteiger partial charge in [-0.05, 0) is 13.8 Å². The van der Waals surface area contributed by atoms with Gasteiger partial charge in [-0.15, -0.1) is 0 Å². The second-order valence-corrected chi connectivity index (χ2v) is 5.18. The van der Waals surface area contributed by atoms with Crippen molar-refractivity contribution in [2.75, 3.05) is 13.7 Å². The number of carbonyl (C=O) groups is 1. The summed E-state index contributed by atoms with van der Waals surface area (Å²) >= 11 is 0. The van der Waals surface area contributed by atoms with Crippen LogP contribution >= 0.6 is 0 Å². The molecule has 0 aliphatic rings. The van der Waals surface area contributed by atoms with Gasteiger partial charge in [-0.2, -0.15) is 4.72 Å². The molecule has 0 bridgehead atoms. The van der Waals surface area contributed by atoms with Crippen LogP contribution in [0.4, 0.5) is 0 Å². The fourth-order valence-electron chi connectivity index (χ4n) is 1.41. The number of aromatic nitrogens is 1. The van der Waals surface area contributed by atoms with Gasteiger partial charge in [-0.1, -0.05) is 5.16 Å². The Bertz CT molecular complexity index is 516. The second-order valence-electron chi connectivity index (χ2n) is 3.53. The zero-order chi connectivity index (χ0) is 13.9. The number of esters is 1. The van der Waals surface area contributed by atoms with Crippen molar-refractivity contribution in [2.45, 2.75) is 24.8 Å². The van der Waals surface area contributed by atoms with E-state index in [-0.39, 0.29) is 16.3 Å². The van der Waals surface area contributed by atoms with E-state index in [0.717, 1.165) is 7.11 Å². The topological polar surface area (TPSA) is 119 Å². The van der Waals surface area contributed by atoms with E-state index >= 15 is 0 Å². The van der Waals surface area contributed by atoms with Gasteiger partial charge in [0.05, 0.1) is 13.7 Å².